The molecule has 1 aromatic heterocycles. The number of hydrogen-bond acceptors (Lipinski definition) is 5. The Balaban J connectivity index is 1.90. The number of nitrogens with zero attached hydrogens (tertiary/aromatic N) is 1. The summed E-state index contributed by atoms with van der Waals surface area (Å²) in [5, 5.41) is 0. The molecule has 0 saturated heterocycles. The zero-order chi connectivity index (χ0) is 21.9. The van der Waals surface area contributed by atoms with Gasteiger partial charge in [0.05, 0.1) is 9.79 Å². The molecule has 0 aliphatic heterocycles. The Labute approximate surface area is 183 Å². The van der Waals surface area contributed by atoms with E-state index < -0.39 is 19.9 Å². The van der Waals surface area contributed by atoms with Crippen LogP contribution in [0.1, 0.15) is 18.7 Å². The van der Waals surface area contributed by atoms with Gasteiger partial charge in [-0.3, -0.25) is 0 Å². The monoisotopic (exact) mass is 463 g/mol. The van der Waals surface area contributed by atoms with Crippen molar-refractivity contribution in [2.24, 2.45) is 5.92 Å². The van der Waals surface area contributed by atoms with Crippen LogP contribution in [-0.4, -0.2) is 33.9 Å². The summed E-state index contributed by atoms with van der Waals surface area (Å²) in [7, 11) is -6.91. The van der Waals surface area contributed by atoms with E-state index in [9.17, 15) is 16.8 Å². The third kappa shape index (κ3) is 5.37. The van der Waals surface area contributed by atoms with Crippen LogP contribution in [-0.2, 0) is 26.4 Å². The molecule has 0 N–H and O–H groups in total. The lowest BCUT2D eigenvalue weighted by atomic mass is 10.2. The van der Waals surface area contributed by atoms with E-state index in [0.29, 0.717) is 6.54 Å². The van der Waals surface area contributed by atoms with Gasteiger partial charge >= 0.3 is 0 Å². The van der Waals surface area contributed by atoms with Crippen molar-refractivity contribution in [3.05, 3.63) is 71.6 Å². The van der Waals surface area contributed by atoms with E-state index in [1.165, 1.54) is 21.9 Å². The van der Waals surface area contributed by atoms with Crippen LogP contribution in [0.3, 0.4) is 0 Å². The molecule has 3 rings (SSSR count). The summed E-state index contributed by atoms with van der Waals surface area (Å²) in [6.45, 7) is 4.66. The molecular weight excluding hydrogens is 438 g/mol. The lowest BCUT2D eigenvalue weighted by Crippen LogP contribution is -2.33. The molecule has 160 valence electrons. The normalized spacial score (nSPS) is 12.6. The smallest absolute Gasteiger partial charge is 0.224 e. The minimum atomic E-state index is -3.62. The second-order valence-corrected chi connectivity index (χ2v) is 12.7. The molecule has 30 heavy (non-hydrogen) atoms. The van der Waals surface area contributed by atoms with E-state index in [4.69, 9.17) is 0 Å². The van der Waals surface area contributed by atoms with Gasteiger partial charge in [-0.1, -0.05) is 44.2 Å². The summed E-state index contributed by atoms with van der Waals surface area (Å²) < 4.78 is 51.5. The van der Waals surface area contributed by atoms with Crippen LogP contribution in [0.15, 0.2) is 76.5 Å². The fraction of sp³-hybridized carbons (Fsp3) is 0.273. The zero-order valence-electron chi connectivity index (χ0n) is 17.1. The molecule has 0 bridgehead atoms. The number of rotatable bonds is 8. The first-order valence-electron chi connectivity index (χ1n) is 9.52. The lowest BCUT2D eigenvalue weighted by Gasteiger charge is -2.23. The molecule has 5 nitrogen and oxygen atoms in total. The van der Waals surface area contributed by atoms with Gasteiger partial charge in [0.1, 0.15) is 0 Å². The van der Waals surface area contributed by atoms with Crippen LogP contribution < -0.4 is 0 Å². The zero-order valence-corrected chi connectivity index (χ0v) is 19.6. The topological polar surface area (TPSA) is 71.5 Å². The van der Waals surface area contributed by atoms with Crippen molar-refractivity contribution < 1.29 is 16.8 Å². The Kier molecular flexibility index (Phi) is 6.81. The fourth-order valence-corrected chi connectivity index (χ4v) is 6.44. The van der Waals surface area contributed by atoms with Crippen LogP contribution >= 0.6 is 11.3 Å². The van der Waals surface area contributed by atoms with E-state index >= 15 is 0 Å². The number of thiophene rings is 1. The first-order chi connectivity index (χ1) is 14.1. The molecule has 0 radical (unpaired) electrons. The van der Waals surface area contributed by atoms with E-state index in [0.717, 1.165) is 15.3 Å². The van der Waals surface area contributed by atoms with Gasteiger partial charge in [0, 0.05) is 29.1 Å². The van der Waals surface area contributed by atoms with Crippen molar-refractivity contribution in [2.45, 2.75) is 30.2 Å². The van der Waals surface area contributed by atoms with Crippen molar-refractivity contribution in [1.82, 2.24) is 4.31 Å². The van der Waals surface area contributed by atoms with Gasteiger partial charge in [-0.25, -0.2) is 16.8 Å². The van der Waals surface area contributed by atoms with Crippen LogP contribution in [0, 0.1) is 5.92 Å². The maximum absolute atomic E-state index is 13.2. The van der Waals surface area contributed by atoms with Gasteiger partial charge in [-0.2, -0.15) is 4.31 Å². The predicted octanol–water partition coefficient (Wildman–Crippen LogP) is 4.67. The van der Waals surface area contributed by atoms with Crippen molar-refractivity contribution >= 4 is 31.2 Å². The highest BCUT2D eigenvalue weighted by atomic mass is 32.2. The molecule has 1 heterocycles. The molecular formula is C22H25NO4S3. The van der Waals surface area contributed by atoms with Crippen LogP contribution in [0.2, 0.25) is 0 Å². The number of sulfonamides is 1. The third-order valence-corrected chi connectivity index (χ3v) is 8.55. The van der Waals surface area contributed by atoms with Crippen molar-refractivity contribution in [2.75, 3.05) is 12.8 Å². The highest BCUT2D eigenvalue weighted by molar-refractivity contribution is 7.90. The molecule has 0 spiro atoms. The largest absolute Gasteiger partial charge is 0.243 e. The summed E-state index contributed by atoms with van der Waals surface area (Å²) >= 11 is 1.47. The van der Waals surface area contributed by atoms with Gasteiger partial charge in [-0.15, -0.1) is 11.3 Å². The van der Waals surface area contributed by atoms with E-state index in [2.05, 4.69) is 0 Å². The minimum Gasteiger partial charge on any atom is -0.224 e. The van der Waals surface area contributed by atoms with Crippen molar-refractivity contribution in [1.29, 1.82) is 0 Å². The van der Waals surface area contributed by atoms with E-state index in [1.54, 1.807) is 48.5 Å². The van der Waals surface area contributed by atoms with Gasteiger partial charge in [-0.05, 0) is 47.9 Å². The van der Waals surface area contributed by atoms with Gasteiger partial charge in [0.15, 0.2) is 9.84 Å². The SMILES string of the molecule is CC(C)CN(Cc1ccc(-c2cccc(S(C)(=O)=O)c2)s1)S(=O)(=O)c1ccccc1. The summed E-state index contributed by atoms with van der Waals surface area (Å²) in [5.41, 5.74) is 0.801. The predicted molar refractivity (Wildman–Crippen MR) is 122 cm³/mol. The van der Waals surface area contributed by atoms with Gasteiger partial charge < -0.3 is 0 Å². The van der Waals surface area contributed by atoms with Crippen molar-refractivity contribution in [3.8, 4) is 10.4 Å². The summed E-state index contributed by atoms with van der Waals surface area (Å²) in [6, 6.07) is 19.1. The molecule has 0 fully saturated rings. The molecule has 8 heteroatoms. The van der Waals surface area contributed by atoms with E-state index in [-0.39, 0.29) is 22.3 Å². The summed E-state index contributed by atoms with van der Waals surface area (Å²) in [4.78, 5) is 2.35. The highest BCUT2D eigenvalue weighted by Gasteiger charge is 2.25. The Morgan fingerprint density at radius 2 is 1.53 bits per heavy atom. The first-order valence-corrected chi connectivity index (χ1v) is 13.7. The number of sulfone groups is 1. The molecule has 0 aliphatic rings. The standard InChI is InChI=1S/C22H25NO4S3/c1-17(2)15-23(30(26,27)20-9-5-4-6-10-20)16-19-12-13-22(28-19)18-8-7-11-21(14-18)29(3,24)25/h4-14,17H,15-16H2,1-3H3. The highest BCUT2D eigenvalue weighted by Crippen LogP contribution is 2.31. The van der Waals surface area contributed by atoms with Crippen LogP contribution in [0.5, 0.6) is 0 Å². The second-order valence-electron chi connectivity index (χ2n) is 7.57. The molecule has 0 saturated carbocycles. The molecule has 3 aromatic rings. The van der Waals surface area contributed by atoms with Gasteiger partial charge in [0.25, 0.3) is 0 Å². The van der Waals surface area contributed by atoms with E-state index in [1.807, 2.05) is 32.0 Å². The Hall–Kier alpha value is -2.00. The summed E-state index contributed by atoms with van der Waals surface area (Å²) in [6.07, 6.45) is 1.18. The molecule has 0 aliphatic carbocycles. The van der Waals surface area contributed by atoms with Crippen molar-refractivity contribution in [3.63, 3.8) is 0 Å². The Morgan fingerprint density at radius 3 is 2.17 bits per heavy atom. The average Bonchev–Trinajstić information content (AvgIpc) is 3.16. The molecule has 0 unspecified atom stereocenters. The quantitative estimate of drug-likeness (QED) is 0.487. The summed E-state index contributed by atoms with van der Waals surface area (Å²) in [5.74, 6) is 0.175. The van der Waals surface area contributed by atoms with Gasteiger partial charge in [0.2, 0.25) is 10.0 Å². The van der Waals surface area contributed by atoms with Crippen LogP contribution in [0.25, 0.3) is 10.4 Å². The van der Waals surface area contributed by atoms with Crippen LogP contribution in [0.4, 0.5) is 0 Å². The second kappa shape index (κ2) is 9.01. The maximum Gasteiger partial charge on any atom is 0.243 e. The minimum absolute atomic E-state index is 0.175. The number of hydrogen-bond donors (Lipinski definition) is 0. The number of benzene rings is 2. The average molecular weight is 464 g/mol. The Morgan fingerprint density at radius 1 is 0.867 bits per heavy atom. The fourth-order valence-electron chi connectivity index (χ4n) is 3.07. The molecule has 0 atom stereocenters. The first kappa shape index (κ1) is 22.7. The molecule has 0 amide bonds. The Bertz CT molecular complexity index is 1210. The maximum atomic E-state index is 13.2. The molecule has 2 aromatic carbocycles. The lowest BCUT2D eigenvalue weighted by molar-refractivity contribution is 0.364. The third-order valence-electron chi connectivity index (χ3n) is 4.49.